The van der Waals surface area contributed by atoms with Crippen molar-refractivity contribution in [1.82, 2.24) is 10.2 Å². The Hall–Kier alpha value is -0.870. The molecule has 1 saturated heterocycles. The average Bonchev–Trinajstić information content (AvgIpc) is 3.11. The summed E-state index contributed by atoms with van der Waals surface area (Å²) in [7, 11) is 0. The van der Waals surface area contributed by atoms with Gasteiger partial charge >= 0.3 is 0 Å². The fraction of sp³-hybridized carbons (Fsp3) is 0.706. The molecular weight excluding hydrogens is 280 g/mol. The number of hydrogen-bond donors (Lipinski definition) is 1. The Kier molecular flexibility index (Phi) is 3.65. The maximum atomic E-state index is 13.0. The Morgan fingerprint density at radius 1 is 1.43 bits per heavy atom. The minimum Gasteiger partial charge on any atom is -0.318 e. The van der Waals surface area contributed by atoms with Gasteiger partial charge in [0.1, 0.15) is 6.17 Å². The molecule has 1 aliphatic heterocycles. The summed E-state index contributed by atoms with van der Waals surface area (Å²) in [6.45, 7) is 8.78. The fourth-order valence-corrected chi connectivity index (χ4v) is 4.46. The van der Waals surface area contributed by atoms with Crippen molar-refractivity contribution >= 4 is 17.2 Å². The summed E-state index contributed by atoms with van der Waals surface area (Å²) in [5.74, 6) is 0.281. The smallest absolute Gasteiger partial charge is 0.244 e. The molecule has 3 unspecified atom stereocenters. The lowest BCUT2D eigenvalue weighted by molar-refractivity contribution is -0.135. The molecule has 21 heavy (non-hydrogen) atoms. The topological polar surface area (TPSA) is 32.3 Å². The summed E-state index contributed by atoms with van der Waals surface area (Å²) in [5.41, 5.74) is 1.17. The highest BCUT2D eigenvalue weighted by atomic mass is 32.1. The molecule has 0 bridgehead atoms. The van der Waals surface area contributed by atoms with Crippen molar-refractivity contribution in [2.75, 3.05) is 0 Å². The molecule has 1 saturated carbocycles. The Morgan fingerprint density at radius 2 is 2.19 bits per heavy atom. The van der Waals surface area contributed by atoms with E-state index in [1.807, 2.05) is 0 Å². The quantitative estimate of drug-likeness (QED) is 0.918. The molecule has 0 aromatic carbocycles. The minimum absolute atomic E-state index is 0.0487. The van der Waals surface area contributed by atoms with Crippen LogP contribution in [0.2, 0.25) is 0 Å². The van der Waals surface area contributed by atoms with Gasteiger partial charge in [-0.15, -0.1) is 0 Å². The van der Waals surface area contributed by atoms with Crippen LogP contribution in [0.1, 0.15) is 65.1 Å². The number of thiophene rings is 1. The van der Waals surface area contributed by atoms with Crippen molar-refractivity contribution < 1.29 is 4.79 Å². The van der Waals surface area contributed by atoms with Crippen molar-refractivity contribution in [3.8, 4) is 0 Å². The van der Waals surface area contributed by atoms with Crippen LogP contribution in [0, 0.1) is 5.41 Å². The van der Waals surface area contributed by atoms with E-state index in [1.165, 1.54) is 12.0 Å². The molecule has 2 aliphatic rings. The lowest BCUT2D eigenvalue weighted by Gasteiger charge is -2.31. The van der Waals surface area contributed by atoms with Gasteiger partial charge in [0.15, 0.2) is 0 Å². The average molecular weight is 306 g/mol. The van der Waals surface area contributed by atoms with E-state index in [1.54, 1.807) is 11.3 Å². The molecule has 1 amide bonds. The van der Waals surface area contributed by atoms with E-state index in [9.17, 15) is 4.79 Å². The zero-order valence-corrected chi connectivity index (χ0v) is 14.3. The molecule has 2 fully saturated rings. The van der Waals surface area contributed by atoms with Gasteiger partial charge < -0.3 is 4.90 Å². The standard InChI is InChI=1S/C17H26N2OS/c1-5-17(4)15(20)19(13-6-8-16(2,3)10-13)14(18-17)12-7-9-21-11-12/h7,9,11,13-14,18H,5-6,8,10H2,1-4H3. The summed E-state index contributed by atoms with van der Waals surface area (Å²) < 4.78 is 0. The molecule has 4 heteroatoms. The Labute approximate surface area is 131 Å². The second kappa shape index (κ2) is 5.10. The molecular formula is C17H26N2OS. The van der Waals surface area contributed by atoms with Gasteiger partial charge in [0.2, 0.25) is 5.91 Å². The molecule has 1 N–H and O–H groups in total. The zero-order valence-electron chi connectivity index (χ0n) is 13.5. The number of nitrogens with zero attached hydrogens (tertiary/aromatic N) is 1. The van der Waals surface area contributed by atoms with Crippen molar-refractivity contribution in [3.63, 3.8) is 0 Å². The van der Waals surface area contributed by atoms with Crippen LogP contribution in [0.25, 0.3) is 0 Å². The van der Waals surface area contributed by atoms with Gasteiger partial charge in [0.25, 0.3) is 0 Å². The first kappa shape index (κ1) is 15.0. The molecule has 0 radical (unpaired) electrons. The van der Waals surface area contributed by atoms with Crippen LogP contribution < -0.4 is 5.32 Å². The van der Waals surface area contributed by atoms with E-state index in [0.717, 1.165) is 19.3 Å². The summed E-state index contributed by atoms with van der Waals surface area (Å²) in [6.07, 6.45) is 4.33. The van der Waals surface area contributed by atoms with E-state index in [4.69, 9.17) is 0 Å². The van der Waals surface area contributed by atoms with Crippen LogP contribution in [-0.4, -0.2) is 22.4 Å². The van der Waals surface area contributed by atoms with Crippen LogP contribution in [0.5, 0.6) is 0 Å². The molecule has 2 heterocycles. The number of rotatable bonds is 3. The maximum absolute atomic E-state index is 13.0. The summed E-state index contributed by atoms with van der Waals surface area (Å²) in [5, 5.41) is 7.87. The van der Waals surface area contributed by atoms with Crippen molar-refractivity contribution in [3.05, 3.63) is 22.4 Å². The largest absolute Gasteiger partial charge is 0.318 e. The minimum atomic E-state index is -0.417. The number of nitrogens with one attached hydrogen (secondary N) is 1. The third-order valence-corrected chi connectivity index (χ3v) is 6.04. The van der Waals surface area contributed by atoms with Crippen molar-refractivity contribution in [2.24, 2.45) is 5.41 Å². The molecule has 3 rings (SSSR count). The van der Waals surface area contributed by atoms with E-state index in [-0.39, 0.29) is 12.1 Å². The molecule has 3 nitrogen and oxygen atoms in total. The van der Waals surface area contributed by atoms with Crippen molar-refractivity contribution in [2.45, 2.75) is 71.1 Å². The van der Waals surface area contributed by atoms with E-state index >= 15 is 0 Å². The highest BCUT2D eigenvalue weighted by Gasteiger charge is 2.51. The number of carbonyl (C=O) groups is 1. The predicted molar refractivity (Wildman–Crippen MR) is 87.2 cm³/mol. The van der Waals surface area contributed by atoms with Crippen LogP contribution in [0.4, 0.5) is 0 Å². The SMILES string of the molecule is CCC1(C)NC(c2ccsc2)N(C2CCC(C)(C)C2)C1=O. The van der Waals surface area contributed by atoms with E-state index in [2.05, 4.69) is 54.7 Å². The first-order chi connectivity index (χ1) is 9.86. The van der Waals surface area contributed by atoms with Gasteiger partial charge in [-0.2, -0.15) is 11.3 Å². The van der Waals surface area contributed by atoms with Gasteiger partial charge in [-0.1, -0.05) is 20.8 Å². The summed E-state index contributed by atoms with van der Waals surface area (Å²) in [6, 6.07) is 2.52. The summed E-state index contributed by atoms with van der Waals surface area (Å²) >= 11 is 1.70. The second-order valence-electron chi connectivity index (χ2n) is 7.56. The molecule has 1 aliphatic carbocycles. The number of amides is 1. The molecule has 1 aromatic heterocycles. The van der Waals surface area contributed by atoms with Crippen LogP contribution >= 0.6 is 11.3 Å². The monoisotopic (exact) mass is 306 g/mol. The van der Waals surface area contributed by atoms with Crippen LogP contribution in [-0.2, 0) is 4.79 Å². The van der Waals surface area contributed by atoms with Gasteiger partial charge in [-0.05, 0) is 60.4 Å². The highest BCUT2D eigenvalue weighted by molar-refractivity contribution is 7.07. The lowest BCUT2D eigenvalue weighted by atomic mass is 9.91. The Balaban J connectivity index is 1.92. The second-order valence-corrected chi connectivity index (χ2v) is 8.34. The van der Waals surface area contributed by atoms with E-state index in [0.29, 0.717) is 11.5 Å². The highest BCUT2D eigenvalue weighted by Crippen LogP contribution is 2.44. The van der Waals surface area contributed by atoms with E-state index < -0.39 is 5.54 Å². The third-order valence-electron chi connectivity index (χ3n) is 5.34. The normalized spacial score (nSPS) is 35.6. The zero-order chi connectivity index (χ0) is 15.3. The van der Waals surface area contributed by atoms with Gasteiger partial charge in [-0.25, -0.2) is 0 Å². The van der Waals surface area contributed by atoms with Gasteiger partial charge in [0.05, 0.1) is 5.54 Å². The molecule has 116 valence electrons. The third kappa shape index (κ3) is 2.53. The molecule has 1 aromatic rings. The predicted octanol–water partition coefficient (Wildman–Crippen LogP) is 3.93. The van der Waals surface area contributed by atoms with Crippen molar-refractivity contribution in [1.29, 1.82) is 0 Å². The maximum Gasteiger partial charge on any atom is 0.244 e. The van der Waals surface area contributed by atoms with Gasteiger partial charge in [-0.3, -0.25) is 10.1 Å². The molecule has 0 spiro atoms. The van der Waals surface area contributed by atoms with Gasteiger partial charge in [0, 0.05) is 6.04 Å². The Bertz CT molecular complexity index is 525. The Morgan fingerprint density at radius 3 is 2.71 bits per heavy atom. The van der Waals surface area contributed by atoms with Crippen LogP contribution in [0.3, 0.4) is 0 Å². The molecule has 3 atom stereocenters. The van der Waals surface area contributed by atoms with Crippen LogP contribution in [0.15, 0.2) is 16.8 Å². The number of hydrogen-bond acceptors (Lipinski definition) is 3. The summed E-state index contributed by atoms with van der Waals surface area (Å²) in [4.78, 5) is 15.2. The first-order valence-corrected chi connectivity index (χ1v) is 8.93. The number of carbonyl (C=O) groups excluding carboxylic acids is 1. The fourth-order valence-electron chi connectivity index (χ4n) is 3.78. The lowest BCUT2D eigenvalue weighted by Crippen LogP contribution is -2.44. The first-order valence-electron chi connectivity index (χ1n) is 7.99.